The molecule has 0 bridgehead atoms. The number of nitrogens with zero attached hydrogens (tertiary/aromatic N) is 5. The van der Waals surface area contributed by atoms with Gasteiger partial charge in [-0.05, 0) is 13.8 Å². The molecule has 0 fully saturated rings. The predicted molar refractivity (Wildman–Crippen MR) is 72.3 cm³/mol. The van der Waals surface area contributed by atoms with Crippen molar-refractivity contribution in [3.05, 3.63) is 47.0 Å². The van der Waals surface area contributed by atoms with Crippen molar-refractivity contribution in [2.24, 2.45) is 5.10 Å². The van der Waals surface area contributed by atoms with E-state index in [1.807, 2.05) is 0 Å². The second-order valence-electron chi connectivity index (χ2n) is 4.19. The summed E-state index contributed by atoms with van der Waals surface area (Å²) in [7, 11) is 0. The molecule has 3 heterocycles. The van der Waals surface area contributed by atoms with E-state index >= 15 is 0 Å². The Bertz CT molecular complexity index is 1060. The van der Waals surface area contributed by atoms with Crippen LogP contribution in [0.5, 0.6) is 5.88 Å². The maximum absolute atomic E-state index is 12.0. The van der Waals surface area contributed by atoms with E-state index in [-0.39, 0.29) is 5.56 Å². The van der Waals surface area contributed by atoms with Crippen LogP contribution in [0, 0.1) is 13.8 Å². The Hall–Kier alpha value is -2.82. The fourth-order valence-electron chi connectivity index (χ4n) is 1.80. The molecule has 11 heteroatoms. The lowest BCUT2D eigenvalue weighted by atomic mass is 10.4. The summed E-state index contributed by atoms with van der Waals surface area (Å²) in [5.74, 6) is -0.574. The van der Waals surface area contributed by atoms with Gasteiger partial charge in [0.25, 0.3) is 5.56 Å². The number of hydrogen-bond donors (Lipinski definition) is 2. The van der Waals surface area contributed by atoms with Gasteiger partial charge >= 0.3 is 11.1 Å². The number of nitrogens with one attached hydrogen (secondary N) is 1. The minimum Gasteiger partial charge on any atom is -0.493 e. The summed E-state index contributed by atoms with van der Waals surface area (Å²) in [6, 6.07) is 0. The summed E-state index contributed by atoms with van der Waals surface area (Å²) in [4.78, 5) is 35.8. The molecule has 0 aliphatic rings. The molecule has 0 aliphatic carbocycles. The van der Waals surface area contributed by atoms with Crippen molar-refractivity contribution < 1.29 is 5.11 Å². The van der Waals surface area contributed by atoms with Gasteiger partial charge < -0.3 is 5.11 Å². The van der Waals surface area contributed by atoms with Gasteiger partial charge in [0.1, 0.15) is 5.01 Å². The van der Waals surface area contributed by atoms with E-state index in [2.05, 4.69) is 20.7 Å². The summed E-state index contributed by atoms with van der Waals surface area (Å²) in [5, 5.41) is 21.3. The molecule has 3 aromatic heterocycles. The van der Waals surface area contributed by atoms with Crippen molar-refractivity contribution in [3.8, 4) is 5.88 Å². The van der Waals surface area contributed by atoms with E-state index in [1.54, 1.807) is 6.92 Å². The molecule has 0 saturated heterocycles. The molecular formula is C10H8N6O4S. The van der Waals surface area contributed by atoms with Gasteiger partial charge in [0, 0.05) is 0 Å². The van der Waals surface area contributed by atoms with Crippen molar-refractivity contribution in [2.45, 2.75) is 13.8 Å². The molecule has 2 N–H and O–H groups in total. The first-order valence-electron chi connectivity index (χ1n) is 5.68. The molecule has 0 saturated carbocycles. The summed E-state index contributed by atoms with van der Waals surface area (Å²) in [6.07, 6.45) is 0. The van der Waals surface area contributed by atoms with Gasteiger partial charge in [0.2, 0.25) is 16.4 Å². The Balaban J connectivity index is 2.25. The SMILES string of the molecule is Cc1nnc(NN=c2c(=O)n3c(O)c(C)c(=O)n3c2=O)s1. The van der Waals surface area contributed by atoms with E-state index in [1.165, 1.54) is 18.3 Å². The number of rotatable bonds is 2. The van der Waals surface area contributed by atoms with Crippen LogP contribution in [0.15, 0.2) is 19.5 Å². The van der Waals surface area contributed by atoms with Crippen LogP contribution >= 0.6 is 11.3 Å². The second kappa shape index (κ2) is 4.34. The smallest absolute Gasteiger partial charge is 0.306 e. The number of aromatic nitrogens is 4. The molecule has 3 rings (SSSR count). The molecule has 3 aromatic rings. The van der Waals surface area contributed by atoms with Crippen molar-refractivity contribution in [3.63, 3.8) is 0 Å². The lowest BCUT2D eigenvalue weighted by Gasteiger charge is -1.87. The summed E-state index contributed by atoms with van der Waals surface area (Å²) < 4.78 is 1.13. The summed E-state index contributed by atoms with van der Waals surface area (Å²) >= 11 is 1.18. The van der Waals surface area contributed by atoms with Crippen molar-refractivity contribution in [2.75, 3.05) is 5.43 Å². The number of fused-ring (bicyclic) bond motifs is 1. The van der Waals surface area contributed by atoms with E-state index in [9.17, 15) is 19.5 Å². The summed E-state index contributed by atoms with van der Waals surface area (Å²) in [5.41, 5.74) is -0.221. The summed E-state index contributed by atoms with van der Waals surface area (Å²) in [6.45, 7) is 3.05. The highest BCUT2D eigenvalue weighted by Crippen LogP contribution is 2.12. The van der Waals surface area contributed by atoms with Crippen LogP contribution in [0.4, 0.5) is 5.13 Å². The molecule has 0 unspecified atom stereocenters. The zero-order chi connectivity index (χ0) is 15.3. The lowest BCUT2D eigenvalue weighted by molar-refractivity contribution is 0.430. The zero-order valence-electron chi connectivity index (χ0n) is 10.8. The normalized spacial score (nSPS) is 12.4. The Morgan fingerprint density at radius 2 is 1.76 bits per heavy atom. The third-order valence-corrected chi connectivity index (χ3v) is 3.57. The third kappa shape index (κ3) is 1.78. The maximum Gasteiger partial charge on any atom is 0.306 e. The van der Waals surface area contributed by atoms with Crippen LogP contribution in [-0.2, 0) is 0 Å². The molecule has 108 valence electrons. The highest BCUT2D eigenvalue weighted by atomic mass is 32.1. The molecular weight excluding hydrogens is 300 g/mol. The van der Waals surface area contributed by atoms with Crippen molar-refractivity contribution >= 4 is 16.5 Å². The Kier molecular flexibility index (Phi) is 2.73. The Morgan fingerprint density at radius 1 is 1.10 bits per heavy atom. The first-order chi connectivity index (χ1) is 9.91. The number of anilines is 1. The molecule has 10 nitrogen and oxygen atoms in total. The van der Waals surface area contributed by atoms with Gasteiger partial charge in [0.15, 0.2) is 0 Å². The van der Waals surface area contributed by atoms with Gasteiger partial charge in [-0.1, -0.05) is 11.3 Å². The van der Waals surface area contributed by atoms with Gasteiger partial charge in [-0.25, -0.2) is 0 Å². The first kappa shape index (κ1) is 13.2. The van der Waals surface area contributed by atoms with Crippen LogP contribution in [0.1, 0.15) is 10.6 Å². The highest BCUT2D eigenvalue weighted by Gasteiger charge is 2.20. The second-order valence-corrected chi connectivity index (χ2v) is 5.37. The van der Waals surface area contributed by atoms with Crippen LogP contribution in [0.3, 0.4) is 0 Å². The monoisotopic (exact) mass is 308 g/mol. The van der Waals surface area contributed by atoms with Crippen LogP contribution in [0.2, 0.25) is 0 Å². The number of aromatic hydroxyl groups is 1. The quantitative estimate of drug-likeness (QED) is 0.528. The molecule has 21 heavy (non-hydrogen) atoms. The van der Waals surface area contributed by atoms with Gasteiger partial charge in [-0.3, -0.25) is 19.8 Å². The minimum absolute atomic E-state index is 0.0801. The molecule has 0 spiro atoms. The fraction of sp³-hybridized carbons (Fsp3) is 0.200. The standard InChI is InChI=1S/C10H8N6O4S/c1-3-6(17)15-8(19)5(9(20)16(15)7(3)18)12-14-10-13-11-4(2)21-10/h17H,1-2H3,(H,13,14). The molecule has 0 aliphatic heterocycles. The van der Waals surface area contributed by atoms with Crippen LogP contribution < -0.4 is 27.5 Å². The van der Waals surface area contributed by atoms with Crippen LogP contribution in [0.25, 0.3) is 0 Å². The molecule has 0 radical (unpaired) electrons. The Labute approximate surface area is 118 Å². The Morgan fingerprint density at radius 3 is 2.33 bits per heavy atom. The minimum atomic E-state index is -0.915. The van der Waals surface area contributed by atoms with Crippen molar-refractivity contribution in [1.29, 1.82) is 0 Å². The van der Waals surface area contributed by atoms with Crippen molar-refractivity contribution in [1.82, 2.24) is 19.2 Å². The zero-order valence-corrected chi connectivity index (χ0v) is 11.6. The van der Waals surface area contributed by atoms with Gasteiger partial charge in [-0.15, -0.1) is 10.2 Å². The number of hydrogen-bond acceptors (Lipinski definition) is 9. The fourth-order valence-corrected chi connectivity index (χ4v) is 2.34. The van der Waals surface area contributed by atoms with Gasteiger partial charge in [0.05, 0.1) is 5.56 Å². The lowest BCUT2D eigenvalue weighted by Crippen LogP contribution is -2.37. The van der Waals surface area contributed by atoms with E-state index in [4.69, 9.17) is 0 Å². The van der Waals surface area contributed by atoms with Gasteiger partial charge in [-0.2, -0.15) is 14.1 Å². The third-order valence-electron chi connectivity index (χ3n) is 2.83. The maximum atomic E-state index is 12.0. The molecule has 0 amide bonds. The van der Waals surface area contributed by atoms with E-state index in [0.29, 0.717) is 19.2 Å². The van der Waals surface area contributed by atoms with Crippen LogP contribution in [-0.4, -0.2) is 24.3 Å². The first-order valence-corrected chi connectivity index (χ1v) is 6.50. The molecule has 0 atom stereocenters. The average Bonchev–Trinajstić information content (AvgIpc) is 3.03. The largest absolute Gasteiger partial charge is 0.493 e. The average molecular weight is 308 g/mol. The molecule has 0 aromatic carbocycles. The predicted octanol–water partition coefficient (Wildman–Crippen LogP) is -1.90. The number of aryl methyl sites for hydroxylation is 1. The topological polar surface area (TPSA) is 130 Å². The highest BCUT2D eigenvalue weighted by molar-refractivity contribution is 7.15. The van der Waals surface area contributed by atoms with E-state index in [0.717, 1.165) is 0 Å². The van der Waals surface area contributed by atoms with E-state index < -0.39 is 27.9 Å².